The van der Waals surface area contributed by atoms with E-state index in [-0.39, 0.29) is 11.1 Å². The lowest BCUT2D eigenvalue weighted by Crippen LogP contribution is -2.21. The molecule has 0 aliphatic carbocycles. The molecule has 0 radical (unpaired) electrons. The molecule has 0 saturated heterocycles. The molecule has 1 N–H and O–H groups in total. The lowest BCUT2D eigenvalue weighted by molar-refractivity contribution is 0.581. The molecular formula is C16H16BrF2N. The van der Waals surface area contributed by atoms with Crippen molar-refractivity contribution in [2.45, 2.75) is 26.4 Å². The van der Waals surface area contributed by atoms with Gasteiger partial charge in [0, 0.05) is 23.7 Å². The minimum atomic E-state index is -0.445. The first-order valence-electron chi connectivity index (χ1n) is 6.45. The third kappa shape index (κ3) is 3.44. The van der Waals surface area contributed by atoms with E-state index in [2.05, 4.69) is 21.2 Å². The van der Waals surface area contributed by atoms with Gasteiger partial charge in [0.05, 0.1) is 4.47 Å². The van der Waals surface area contributed by atoms with E-state index >= 15 is 0 Å². The van der Waals surface area contributed by atoms with Crippen molar-refractivity contribution >= 4 is 15.9 Å². The average molecular weight is 340 g/mol. The average Bonchev–Trinajstić information content (AvgIpc) is 2.40. The summed E-state index contributed by atoms with van der Waals surface area (Å²) < 4.78 is 28.5. The zero-order valence-corrected chi connectivity index (χ0v) is 13.0. The van der Waals surface area contributed by atoms with Gasteiger partial charge in [-0.15, -0.1) is 0 Å². The van der Waals surface area contributed by atoms with E-state index in [1.807, 2.05) is 19.9 Å². The Hall–Kier alpha value is -1.26. The molecule has 0 atom stereocenters. The third-order valence-corrected chi connectivity index (χ3v) is 3.60. The molecule has 4 heteroatoms. The molecular weight excluding hydrogens is 324 g/mol. The standard InChI is InChI=1S/C16H16BrF2N/c1-10(2)20-9-11-6-7-12(15(18)8-11)13-4-3-5-14(17)16(13)19/h3-8,10,20H,9H2,1-2H3. The molecule has 0 aliphatic rings. The van der Waals surface area contributed by atoms with Crippen LogP contribution in [0, 0.1) is 11.6 Å². The van der Waals surface area contributed by atoms with Gasteiger partial charge in [-0.05, 0) is 33.6 Å². The van der Waals surface area contributed by atoms with Gasteiger partial charge in [0.15, 0.2) is 0 Å². The van der Waals surface area contributed by atoms with Gasteiger partial charge < -0.3 is 5.32 Å². The van der Waals surface area contributed by atoms with Crippen LogP contribution in [0.1, 0.15) is 19.4 Å². The molecule has 0 aliphatic heterocycles. The topological polar surface area (TPSA) is 12.0 Å². The normalized spacial score (nSPS) is 11.1. The van der Waals surface area contributed by atoms with Crippen LogP contribution in [-0.4, -0.2) is 6.04 Å². The van der Waals surface area contributed by atoms with Gasteiger partial charge in [-0.3, -0.25) is 0 Å². The molecule has 2 aromatic rings. The number of nitrogens with one attached hydrogen (secondary N) is 1. The Bertz CT molecular complexity index is 611. The van der Waals surface area contributed by atoms with Crippen LogP contribution in [0.2, 0.25) is 0 Å². The second-order valence-electron chi connectivity index (χ2n) is 4.95. The molecule has 1 nitrogen and oxygen atoms in total. The lowest BCUT2D eigenvalue weighted by Gasteiger charge is -2.10. The van der Waals surface area contributed by atoms with Crippen molar-refractivity contribution in [3.63, 3.8) is 0 Å². The molecule has 0 bridgehead atoms. The van der Waals surface area contributed by atoms with Crippen LogP contribution < -0.4 is 5.32 Å². The van der Waals surface area contributed by atoms with Crippen LogP contribution in [-0.2, 0) is 6.54 Å². The van der Waals surface area contributed by atoms with Crippen LogP contribution >= 0.6 is 15.9 Å². The summed E-state index contributed by atoms with van der Waals surface area (Å²) in [5.41, 5.74) is 1.38. The van der Waals surface area contributed by atoms with Crippen molar-refractivity contribution < 1.29 is 8.78 Å². The van der Waals surface area contributed by atoms with Crippen LogP contribution in [0.3, 0.4) is 0 Å². The highest BCUT2D eigenvalue weighted by Crippen LogP contribution is 2.30. The van der Waals surface area contributed by atoms with Crippen molar-refractivity contribution in [3.05, 3.63) is 58.1 Å². The fourth-order valence-electron chi connectivity index (χ4n) is 1.92. The maximum Gasteiger partial charge on any atom is 0.145 e. The first kappa shape index (κ1) is 15.1. The predicted octanol–water partition coefficient (Wildman–Crippen LogP) is 4.89. The highest BCUT2D eigenvalue weighted by molar-refractivity contribution is 9.10. The lowest BCUT2D eigenvalue weighted by atomic mass is 10.0. The third-order valence-electron chi connectivity index (χ3n) is 2.99. The molecule has 0 aromatic heterocycles. The minimum Gasteiger partial charge on any atom is -0.310 e. The van der Waals surface area contributed by atoms with Gasteiger partial charge in [0.2, 0.25) is 0 Å². The molecule has 0 spiro atoms. The summed E-state index contributed by atoms with van der Waals surface area (Å²) in [6, 6.07) is 10.1. The van der Waals surface area contributed by atoms with Crippen LogP contribution in [0.15, 0.2) is 40.9 Å². The van der Waals surface area contributed by atoms with Crippen molar-refractivity contribution in [3.8, 4) is 11.1 Å². The summed E-state index contributed by atoms with van der Waals surface area (Å²) >= 11 is 3.12. The molecule has 0 amide bonds. The summed E-state index contributed by atoms with van der Waals surface area (Å²) in [4.78, 5) is 0. The Morgan fingerprint density at radius 2 is 1.85 bits per heavy atom. The molecule has 106 valence electrons. The number of benzene rings is 2. The fraction of sp³-hybridized carbons (Fsp3) is 0.250. The molecule has 2 aromatic carbocycles. The van der Waals surface area contributed by atoms with Crippen molar-refractivity contribution in [2.75, 3.05) is 0 Å². The van der Waals surface area contributed by atoms with Crippen LogP contribution in [0.25, 0.3) is 11.1 Å². The Kier molecular flexibility index (Phi) is 4.89. The number of hydrogen-bond donors (Lipinski definition) is 1. The Balaban J connectivity index is 2.32. The summed E-state index contributed by atoms with van der Waals surface area (Å²) in [5, 5.41) is 3.22. The summed E-state index contributed by atoms with van der Waals surface area (Å²) in [5.74, 6) is -0.857. The highest BCUT2D eigenvalue weighted by atomic mass is 79.9. The summed E-state index contributed by atoms with van der Waals surface area (Å²) in [6.45, 7) is 4.65. The Labute approximate surface area is 126 Å². The van der Waals surface area contributed by atoms with Gasteiger partial charge in [-0.1, -0.05) is 38.1 Å². The molecule has 0 heterocycles. The second-order valence-corrected chi connectivity index (χ2v) is 5.81. The highest BCUT2D eigenvalue weighted by Gasteiger charge is 2.12. The smallest absolute Gasteiger partial charge is 0.145 e. The summed E-state index contributed by atoms with van der Waals surface area (Å²) in [7, 11) is 0. The largest absolute Gasteiger partial charge is 0.310 e. The van der Waals surface area contributed by atoms with E-state index in [1.54, 1.807) is 24.3 Å². The quantitative estimate of drug-likeness (QED) is 0.835. The van der Waals surface area contributed by atoms with Gasteiger partial charge in [-0.25, -0.2) is 8.78 Å². The van der Waals surface area contributed by atoms with Gasteiger partial charge in [0.1, 0.15) is 11.6 Å². The van der Waals surface area contributed by atoms with E-state index in [0.717, 1.165) is 5.56 Å². The first-order chi connectivity index (χ1) is 9.49. The maximum absolute atomic E-state index is 14.2. The molecule has 20 heavy (non-hydrogen) atoms. The van der Waals surface area contributed by atoms with Crippen molar-refractivity contribution in [2.24, 2.45) is 0 Å². The minimum absolute atomic E-state index is 0.264. The predicted molar refractivity (Wildman–Crippen MR) is 81.5 cm³/mol. The van der Waals surface area contributed by atoms with E-state index in [4.69, 9.17) is 0 Å². The molecule has 0 unspecified atom stereocenters. The molecule has 0 saturated carbocycles. The SMILES string of the molecule is CC(C)NCc1ccc(-c2cccc(Br)c2F)c(F)c1. The second kappa shape index (κ2) is 6.46. The molecule has 0 fully saturated rings. The van der Waals surface area contributed by atoms with Crippen molar-refractivity contribution in [1.29, 1.82) is 0 Å². The monoisotopic (exact) mass is 339 g/mol. The zero-order valence-electron chi connectivity index (χ0n) is 11.4. The van der Waals surface area contributed by atoms with Crippen LogP contribution in [0.4, 0.5) is 8.78 Å². The van der Waals surface area contributed by atoms with E-state index < -0.39 is 11.6 Å². The number of halogens is 3. The molecule has 2 rings (SSSR count). The first-order valence-corrected chi connectivity index (χ1v) is 7.24. The fourth-order valence-corrected chi connectivity index (χ4v) is 2.29. The van der Waals surface area contributed by atoms with E-state index in [9.17, 15) is 8.78 Å². The Morgan fingerprint density at radius 3 is 2.50 bits per heavy atom. The van der Waals surface area contributed by atoms with Gasteiger partial charge in [-0.2, -0.15) is 0 Å². The van der Waals surface area contributed by atoms with E-state index in [1.165, 1.54) is 6.07 Å². The van der Waals surface area contributed by atoms with Gasteiger partial charge >= 0.3 is 0 Å². The number of hydrogen-bond acceptors (Lipinski definition) is 1. The van der Waals surface area contributed by atoms with E-state index in [0.29, 0.717) is 17.1 Å². The summed E-state index contributed by atoms with van der Waals surface area (Å²) in [6.07, 6.45) is 0. The van der Waals surface area contributed by atoms with Gasteiger partial charge in [0.25, 0.3) is 0 Å². The van der Waals surface area contributed by atoms with Crippen LogP contribution in [0.5, 0.6) is 0 Å². The van der Waals surface area contributed by atoms with Crippen molar-refractivity contribution in [1.82, 2.24) is 5.32 Å². The number of rotatable bonds is 4. The zero-order chi connectivity index (χ0) is 14.7. The Morgan fingerprint density at radius 1 is 1.10 bits per heavy atom. The maximum atomic E-state index is 14.2.